The molecule has 2 heterocycles. The van der Waals surface area contributed by atoms with E-state index in [-0.39, 0.29) is 5.41 Å². The summed E-state index contributed by atoms with van der Waals surface area (Å²) in [5.41, 5.74) is 5.70. The number of piperidine rings is 1. The molecule has 2 aliphatic heterocycles. The van der Waals surface area contributed by atoms with Gasteiger partial charge in [0.15, 0.2) is 0 Å². The van der Waals surface area contributed by atoms with E-state index < -0.39 is 0 Å². The molecule has 2 aliphatic rings. The van der Waals surface area contributed by atoms with Gasteiger partial charge in [0.05, 0.1) is 5.57 Å². The number of nitrogens with one attached hydrogen (secondary N) is 1. The molecule has 1 fully saturated rings. The van der Waals surface area contributed by atoms with E-state index in [0.717, 1.165) is 23.4 Å². The van der Waals surface area contributed by atoms with Crippen LogP contribution in [-0.4, -0.2) is 24.5 Å². The van der Waals surface area contributed by atoms with Crippen molar-refractivity contribution in [3.8, 4) is 6.07 Å². The molecule has 3 heteroatoms. The van der Waals surface area contributed by atoms with Crippen LogP contribution < -0.4 is 5.32 Å². The van der Waals surface area contributed by atoms with Crippen LogP contribution in [0.5, 0.6) is 0 Å². The molecule has 0 spiro atoms. The molecule has 0 aliphatic carbocycles. The van der Waals surface area contributed by atoms with Gasteiger partial charge in [-0.1, -0.05) is 56.7 Å². The van der Waals surface area contributed by atoms with E-state index >= 15 is 0 Å². The Morgan fingerprint density at radius 2 is 1.81 bits per heavy atom. The number of likely N-dealkylation sites (tertiary alicyclic amines) is 1. The Bertz CT molecular complexity index is 782. The van der Waals surface area contributed by atoms with Gasteiger partial charge in [0.1, 0.15) is 6.07 Å². The fourth-order valence-corrected chi connectivity index (χ4v) is 3.85. The predicted molar refractivity (Wildman–Crippen MR) is 108 cm³/mol. The van der Waals surface area contributed by atoms with E-state index in [4.69, 9.17) is 0 Å². The molecule has 0 radical (unpaired) electrons. The second-order valence-electron chi connectivity index (χ2n) is 8.15. The summed E-state index contributed by atoms with van der Waals surface area (Å²) in [6.45, 7) is 14.1. The average Bonchev–Trinajstić information content (AvgIpc) is 2.62. The summed E-state index contributed by atoms with van der Waals surface area (Å²) in [4.78, 5) is 2.56. The molecule has 3 rings (SSSR count). The molecule has 1 saturated heterocycles. The lowest BCUT2D eigenvalue weighted by molar-refractivity contribution is 0.169. The summed E-state index contributed by atoms with van der Waals surface area (Å²) in [6.07, 6.45) is 6.09. The zero-order valence-electron chi connectivity index (χ0n) is 16.2. The van der Waals surface area contributed by atoms with Gasteiger partial charge in [0.2, 0.25) is 0 Å². The van der Waals surface area contributed by atoms with Crippen molar-refractivity contribution in [2.75, 3.05) is 19.6 Å². The van der Waals surface area contributed by atoms with Crippen molar-refractivity contribution < 1.29 is 0 Å². The van der Waals surface area contributed by atoms with Gasteiger partial charge in [-0.25, -0.2) is 0 Å². The normalized spacial score (nSPS) is 19.0. The molecular weight excluding hydrogens is 318 g/mol. The van der Waals surface area contributed by atoms with E-state index in [9.17, 15) is 5.26 Å². The first kappa shape index (κ1) is 18.5. The van der Waals surface area contributed by atoms with E-state index in [2.05, 4.69) is 74.0 Å². The maximum atomic E-state index is 9.65. The SMILES string of the molecule is C=C1NC(C(C)(C)CN2CCCCC2)=CC(c2ccc(C)cc2)=C1C#N. The smallest absolute Gasteiger partial charge is 0.102 e. The topological polar surface area (TPSA) is 39.1 Å². The largest absolute Gasteiger partial charge is 0.358 e. The fraction of sp³-hybridized carbons (Fsp3) is 0.435. The van der Waals surface area contributed by atoms with Crippen LogP contribution in [0.25, 0.3) is 5.57 Å². The first-order valence-electron chi connectivity index (χ1n) is 9.53. The van der Waals surface area contributed by atoms with Crippen LogP contribution in [0.3, 0.4) is 0 Å². The van der Waals surface area contributed by atoms with Gasteiger partial charge in [-0.3, -0.25) is 0 Å². The van der Waals surface area contributed by atoms with Gasteiger partial charge in [-0.2, -0.15) is 5.26 Å². The first-order valence-corrected chi connectivity index (χ1v) is 9.53. The molecule has 136 valence electrons. The second kappa shape index (κ2) is 7.51. The number of nitriles is 1. The minimum atomic E-state index is -0.0305. The molecule has 0 aromatic heterocycles. The number of benzene rings is 1. The minimum Gasteiger partial charge on any atom is -0.358 e. The summed E-state index contributed by atoms with van der Waals surface area (Å²) < 4.78 is 0. The molecule has 1 aromatic carbocycles. The van der Waals surface area contributed by atoms with E-state index in [0.29, 0.717) is 11.3 Å². The van der Waals surface area contributed by atoms with Crippen molar-refractivity contribution in [2.45, 2.75) is 40.0 Å². The molecule has 3 nitrogen and oxygen atoms in total. The maximum Gasteiger partial charge on any atom is 0.102 e. The lowest BCUT2D eigenvalue weighted by Crippen LogP contribution is -2.41. The summed E-state index contributed by atoms with van der Waals surface area (Å²) in [7, 11) is 0. The monoisotopic (exact) mass is 347 g/mol. The Labute approximate surface area is 157 Å². The van der Waals surface area contributed by atoms with Gasteiger partial charge in [-0.15, -0.1) is 0 Å². The Morgan fingerprint density at radius 1 is 1.15 bits per heavy atom. The zero-order valence-corrected chi connectivity index (χ0v) is 16.2. The Morgan fingerprint density at radius 3 is 2.42 bits per heavy atom. The highest BCUT2D eigenvalue weighted by molar-refractivity contribution is 5.84. The lowest BCUT2D eigenvalue weighted by Gasteiger charge is -2.38. The van der Waals surface area contributed by atoms with Crippen LogP contribution in [-0.2, 0) is 0 Å². The highest BCUT2D eigenvalue weighted by Crippen LogP contribution is 2.36. The van der Waals surface area contributed by atoms with Crippen molar-refractivity contribution in [1.29, 1.82) is 5.26 Å². The summed E-state index contributed by atoms with van der Waals surface area (Å²) >= 11 is 0. The van der Waals surface area contributed by atoms with Gasteiger partial charge in [0.25, 0.3) is 0 Å². The van der Waals surface area contributed by atoms with Crippen molar-refractivity contribution in [2.24, 2.45) is 5.41 Å². The molecule has 0 amide bonds. The third-order valence-electron chi connectivity index (χ3n) is 5.42. The standard InChI is InChI=1S/C23H29N3/c1-17-8-10-19(11-9-17)20-14-22(25-18(2)21(20)15-24)23(3,4)16-26-12-6-5-7-13-26/h8-11,14,25H,2,5-7,12-13,16H2,1,3-4H3. The molecule has 0 saturated carbocycles. The van der Waals surface area contributed by atoms with Gasteiger partial charge >= 0.3 is 0 Å². The molecule has 1 N–H and O–H groups in total. The summed E-state index contributed by atoms with van der Waals surface area (Å²) in [6, 6.07) is 10.7. The quantitative estimate of drug-likeness (QED) is 0.851. The van der Waals surface area contributed by atoms with Crippen LogP contribution >= 0.6 is 0 Å². The number of dihydropyridines is 1. The van der Waals surface area contributed by atoms with Crippen molar-refractivity contribution in [1.82, 2.24) is 10.2 Å². The van der Waals surface area contributed by atoms with Gasteiger partial charge in [-0.05, 0) is 44.5 Å². The second-order valence-corrected chi connectivity index (χ2v) is 8.15. The van der Waals surface area contributed by atoms with Crippen molar-refractivity contribution in [3.63, 3.8) is 0 Å². The number of hydrogen-bond acceptors (Lipinski definition) is 3. The molecule has 0 atom stereocenters. The number of nitrogens with zero attached hydrogens (tertiary/aromatic N) is 2. The highest BCUT2D eigenvalue weighted by Gasteiger charge is 2.31. The first-order chi connectivity index (χ1) is 12.4. The number of rotatable bonds is 4. The van der Waals surface area contributed by atoms with Crippen LogP contribution in [0.15, 0.2) is 53.9 Å². The van der Waals surface area contributed by atoms with E-state index in [1.807, 2.05) is 0 Å². The third kappa shape index (κ3) is 3.92. The summed E-state index contributed by atoms with van der Waals surface area (Å²) in [5.74, 6) is 0. The molecule has 1 aromatic rings. The Hall–Kier alpha value is -2.31. The number of hydrogen-bond donors (Lipinski definition) is 1. The third-order valence-corrected chi connectivity index (χ3v) is 5.42. The molecule has 0 unspecified atom stereocenters. The molecule has 0 bridgehead atoms. The predicted octanol–water partition coefficient (Wildman–Crippen LogP) is 4.79. The zero-order chi connectivity index (χ0) is 18.7. The molecular formula is C23H29N3. The minimum absolute atomic E-state index is 0.0305. The maximum absolute atomic E-state index is 9.65. The van der Waals surface area contributed by atoms with Crippen molar-refractivity contribution >= 4 is 5.57 Å². The van der Waals surface area contributed by atoms with Gasteiger partial charge in [0, 0.05) is 28.9 Å². The van der Waals surface area contributed by atoms with Crippen molar-refractivity contribution in [3.05, 3.63) is 65.0 Å². The van der Waals surface area contributed by atoms with Crippen LogP contribution in [0.2, 0.25) is 0 Å². The lowest BCUT2D eigenvalue weighted by atomic mass is 9.83. The van der Waals surface area contributed by atoms with Crippen LogP contribution in [0, 0.1) is 23.7 Å². The van der Waals surface area contributed by atoms with E-state index in [1.165, 1.54) is 37.9 Å². The highest BCUT2D eigenvalue weighted by atomic mass is 15.1. The summed E-state index contributed by atoms with van der Waals surface area (Å²) in [5, 5.41) is 13.1. The van der Waals surface area contributed by atoms with Gasteiger partial charge < -0.3 is 10.2 Å². The van der Waals surface area contributed by atoms with E-state index in [1.54, 1.807) is 0 Å². The Kier molecular flexibility index (Phi) is 5.34. The average molecular weight is 348 g/mol. The van der Waals surface area contributed by atoms with Crippen LogP contribution in [0.4, 0.5) is 0 Å². The Balaban J connectivity index is 1.94. The van der Waals surface area contributed by atoms with Crippen LogP contribution in [0.1, 0.15) is 44.2 Å². The molecule has 26 heavy (non-hydrogen) atoms. The fourth-order valence-electron chi connectivity index (χ4n) is 3.85. The number of aryl methyl sites for hydroxylation is 1. The number of allylic oxidation sites excluding steroid dienone is 3.